The lowest BCUT2D eigenvalue weighted by atomic mass is 9.58. The predicted molar refractivity (Wildman–Crippen MR) is 104 cm³/mol. The SMILES string of the molecule is COCC1=C2[C@@H](CCc3ccccc3)OB(O)C[C@@H]2[C@@H]2C(=O)N(C)C(=O)[C@@H]2C1. The minimum Gasteiger partial charge on any atom is -0.427 e. The van der Waals surface area contributed by atoms with Gasteiger partial charge in [0.1, 0.15) is 0 Å². The van der Waals surface area contributed by atoms with Crippen molar-refractivity contribution >= 4 is 18.9 Å². The number of nitrogens with zero attached hydrogens (tertiary/aromatic N) is 1. The fourth-order valence-electron chi connectivity index (χ4n) is 5.17. The van der Waals surface area contributed by atoms with Crippen molar-refractivity contribution in [3.05, 3.63) is 47.0 Å². The zero-order valence-electron chi connectivity index (χ0n) is 16.3. The van der Waals surface area contributed by atoms with Gasteiger partial charge in [0.25, 0.3) is 0 Å². The van der Waals surface area contributed by atoms with Crippen LogP contribution < -0.4 is 0 Å². The molecule has 28 heavy (non-hydrogen) atoms. The van der Waals surface area contributed by atoms with Crippen LogP contribution in [0, 0.1) is 17.8 Å². The van der Waals surface area contributed by atoms with Crippen LogP contribution in [-0.4, -0.2) is 55.7 Å². The van der Waals surface area contributed by atoms with Gasteiger partial charge in [0.15, 0.2) is 0 Å². The van der Waals surface area contributed by atoms with Crippen molar-refractivity contribution in [2.45, 2.75) is 31.7 Å². The fourth-order valence-corrected chi connectivity index (χ4v) is 5.17. The van der Waals surface area contributed by atoms with Crippen molar-refractivity contribution in [3.8, 4) is 0 Å². The zero-order chi connectivity index (χ0) is 19.8. The minimum atomic E-state index is -0.925. The molecular weight excluding hydrogens is 357 g/mol. The molecule has 7 heteroatoms. The molecule has 2 aliphatic heterocycles. The summed E-state index contributed by atoms with van der Waals surface area (Å²) in [7, 11) is 2.27. The summed E-state index contributed by atoms with van der Waals surface area (Å²) in [4.78, 5) is 26.6. The highest BCUT2D eigenvalue weighted by atomic mass is 16.5. The number of ether oxygens (including phenoxy) is 1. The van der Waals surface area contributed by atoms with E-state index in [1.807, 2.05) is 18.2 Å². The summed E-state index contributed by atoms with van der Waals surface area (Å²) in [5, 5.41) is 10.4. The number of fused-ring (bicyclic) bond motifs is 3. The van der Waals surface area contributed by atoms with Gasteiger partial charge in [0.2, 0.25) is 11.8 Å². The second kappa shape index (κ2) is 7.81. The Morgan fingerprint density at radius 2 is 1.96 bits per heavy atom. The molecule has 0 saturated carbocycles. The van der Waals surface area contributed by atoms with E-state index in [2.05, 4.69) is 12.1 Å². The largest absolute Gasteiger partial charge is 0.455 e. The lowest BCUT2D eigenvalue weighted by Crippen LogP contribution is -2.46. The Hall–Kier alpha value is -1.96. The van der Waals surface area contributed by atoms with Gasteiger partial charge in [0, 0.05) is 14.2 Å². The Bertz CT molecular complexity index is 795. The average Bonchev–Trinajstić information content (AvgIpc) is 2.91. The van der Waals surface area contributed by atoms with E-state index in [0.717, 1.165) is 24.0 Å². The Balaban J connectivity index is 1.66. The van der Waals surface area contributed by atoms with Gasteiger partial charge >= 0.3 is 7.12 Å². The summed E-state index contributed by atoms with van der Waals surface area (Å²) in [5.74, 6) is -1.17. The summed E-state index contributed by atoms with van der Waals surface area (Å²) < 4.78 is 11.3. The van der Waals surface area contributed by atoms with Crippen molar-refractivity contribution in [1.82, 2.24) is 4.90 Å². The topological polar surface area (TPSA) is 76.1 Å². The molecule has 0 spiro atoms. The number of aryl methyl sites for hydroxylation is 1. The van der Waals surface area contributed by atoms with Crippen LogP contribution in [0.3, 0.4) is 0 Å². The Morgan fingerprint density at radius 3 is 2.68 bits per heavy atom. The molecule has 1 aromatic carbocycles. The van der Waals surface area contributed by atoms with Gasteiger partial charge in [-0.2, -0.15) is 0 Å². The van der Waals surface area contributed by atoms with E-state index in [4.69, 9.17) is 9.39 Å². The minimum absolute atomic E-state index is 0.121. The van der Waals surface area contributed by atoms with Gasteiger partial charge in [-0.1, -0.05) is 30.3 Å². The first-order chi connectivity index (χ1) is 13.5. The maximum Gasteiger partial charge on any atom is 0.455 e. The Morgan fingerprint density at radius 1 is 1.21 bits per heavy atom. The number of hydrogen-bond acceptors (Lipinski definition) is 5. The quantitative estimate of drug-likeness (QED) is 0.476. The van der Waals surface area contributed by atoms with Crippen LogP contribution in [0.4, 0.5) is 0 Å². The number of likely N-dealkylation sites (tertiary alicyclic amines) is 1. The van der Waals surface area contributed by atoms with E-state index >= 15 is 0 Å². The van der Waals surface area contributed by atoms with E-state index in [-0.39, 0.29) is 29.8 Å². The molecule has 3 aliphatic rings. The first-order valence-electron chi connectivity index (χ1n) is 9.90. The summed E-state index contributed by atoms with van der Waals surface area (Å²) in [6.45, 7) is 0.418. The summed E-state index contributed by atoms with van der Waals surface area (Å²) >= 11 is 0. The van der Waals surface area contributed by atoms with E-state index in [1.165, 1.54) is 10.5 Å². The molecule has 2 amide bonds. The van der Waals surface area contributed by atoms with Gasteiger partial charge in [-0.05, 0) is 48.2 Å². The molecular formula is C21H26BNO5. The van der Waals surface area contributed by atoms with E-state index in [9.17, 15) is 14.6 Å². The monoisotopic (exact) mass is 383 g/mol. The third-order valence-corrected chi connectivity index (χ3v) is 6.38. The first kappa shape index (κ1) is 19.4. The summed E-state index contributed by atoms with van der Waals surface area (Å²) in [5.41, 5.74) is 3.33. The zero-order valence-corrected chi connectivity index (χ0v) is 16.3. The molecule has 4 atom stereocenters. The first-order valence-corrected chi connectivity index (χ1v) is 9.90. The highest BCUT2D eigenvalue weighted by Gasteiger charge is 2.56. The molecule has 1 aromatic rings. The van der Waals surface area contributed by atoms with Gasteiger partial charge in [-0.25, -0.2) is 0 Å². The lowest BCUT2D eigenvalue weighted by Gasteiger charge is -2.43. The highest BCUT2D eigenvalue weighted by Crippen LogP contribution is 2.50. The van der Waals surface area contributed by atoms with Crippen molar-refractivity contribution in [2.75, 3.05) is 20.8 Å². The van der Waals surface area contributed by atoms with E-state index in [0.29, 0.717) is 19.3 Å². The maximum absolute atomic E-state index is 12.8. The number of benzene rings is 1. The van der Waals surface area contributed by atoms with Crippen molar-refractivity contribution in [1.29, 1.82) is 0 Å². The van der Waals surface area contributed by atoms with Crippen LogP contribution in [0.1, 0.15) is 18.4 Å². The molecule has 1 N–H and O–H groups in total. The van der Waals surface area contributed by atoms with Crippen molar-refractivity contribution < 1.29 is 24.0 Å². The normalized spacial score (nSPS) is 30.0. The standard InChI is InChI=1S/C21H26BNO5/c1-23-20(24)15-10-14(12-27-2)18-16(19(15)21(23)25)11-22(26)28-17(18)9-8-13-6-4-3-5-7-13/h3-7,15-17,19,26H,8-12H2,1-2H3/t15-,16+,17-,19-/m1/s1. The van der Waals surface area contributed by atoms with Crippen LogP contribution in [0.2, 0.25) is 6.32 Å². The van der Waals surface area contributed by atoms with Crippen molar-refractivity contribution in [3.63, 3.8) is 0 Å². The average molecular weight is 383 g/mol. The van der Waals surface area contributed by atoms with Crippen LogP contribution in [-0.2, 0) is 25.4 Å². The van der Waals surface area contributed by atoms with Crippen LogP contribution in [0.15, 0.2) is 41.5 Å². The molecule has 2 saturated heterocycles. The number of hydrogen-bond donors (Lipinski definition) is 1. The third kappa shape index (κ3) is 3.32. The number of rotatable bonds is 5. The number of amides is 2. The highest BCUT2D eigenvalue weighted by molar-refractivity contribution is 6.43. The molecule has 0 unspecified atom stereocenters. The molecule has 2 heterocycles. The molecule has 0 aromatic heterocycles. The second-order valence-corrected chi connectivity index (χ2v) is 8.01. The van der Waals surface area contributed by atoms with Gasteiger partial charge < -0.3 is 14.4 Å². The third-order valence-electron chi connectivity index (χ3n) is 6.38. The van der Waals surface area contributed by atoms with E-state index < -0.39 is 13.0 Å². The summed E-state index contributed by atoms with van der Waals surface area (Å²) in [6, 6.07) is 10.2. The second-order valence-electron chi connectivity index (χ2n) is 8.01. The van der Waals surface area contributed by atoms with Crippen LogP contribution in [0.5, 0.6) is 0 Å². The van der Waals surface area contributed by atoms with Gasteiger partial charge in [-0.3, -0.25) is 14.5 Å². The number of carbonyl (C=O) groups is 2. The Labute approximate surface area is 165 Å². The van der Waals surface area contributed by atoms with Gasteiger partial charge in [-0.15, -0.1) is 0 Å². The molecule has 1 aliphatic carbocycles. The maximum atomic E-state index is 12.8. The molecule has 2 fully saturated rings. The molecule has 4 rings (SSSR count). The predicted octanol–water partition coefficient (Wildman–Crippen LogP) is 1.69. The Kier molecular flexibility index (Phi) is 5.40. The van der Waals surface area contributed by atoms with Crippen molar-refractivity contribution in [2.24, 2.45) is 17.8 Å². The summed E-state index contributed by atoms with van der Waals surface area (Å²) in [6.07, 6.45) is 2.14. The van der Waals surface area contributed by atoms with Gasteiger partial charge in [0.05, 0.1) is 24.5 Å². The van der Waals surface area contributed by atoms with Crippen LogP contribution >= 0.6 is 0 Å². The number of carbonyl (C=O) groups excluding carboxylic acids is 2. The smallest absolute Gasteiger partial charge is 0.427 e. The number of methoxy groups -OCH3 is 1. The molecule has 0 radical (unpaired) electrons. The number of imide groups is 1. The lowest BCUT2D eigenvalue weighted by molar-refractivity contribution is -0.138. The molecule has 0 bridgehead atoms. The fraction of sp³-hybridized carbons (Fsp3) is 0.524. The molecule has 6 nitrogen and oxygen atoms in total. The van der Waals surface area contributed by atoms with Crippen LogP contribution in [0.25, 0.3) is 0 Å². The molecule has 148 valence electrons. The van der Waals surface area contributed by atoms with E-state index in [1.54, 1.807) is 14.2 Å².